The second-order valence-corrected chi connectivity index (χ2v) is 9.76. The van der Waals surface area contributed by atoms with E-state index in [0.717, 1.165) is 37.7 Å². The molecular weight excluding hydrogens is 430 g/mol. The molecule has 0 bridgehead atoms. The molecule has 7 heteroatoms. The van der Waals surface area contributed by atoms with Crippen LogP contribution < -0.4 is 5.32 Å². The molecule has 2 heterocycles. The highest BCUT2D eigenvalue weighted by Crippen LogP contribution is 2.34. The molecule has 0 spiro atoms. The maximum atomic E-state index is 12.5. The third-order valence-electron chi connectivity index (χ3n) is 7.05. The van der Waals surface area contributed by atoms with Crippen LogP contribution in [0.3, 0.4) is 0 Å². The smallest absolute Gasteiger partial charge is 0.326 e. The van der Waals surface area contributed by atoms with Crippen molar-refractivity contribution in [3.8, 4) is 0 Å². The summed E-state index contributed by atoms with van der Waals surface area (Å²) >= 11 is 0. The number of ether oxygens (including phenoxy) is 1. The monoisotopic (exact) mass is 465 g/mol. The topological polar surface area (TPSA) is 101 Å². The lowest BCUT2D eigenvalue weighted by molar-refractivity contribution is -0.140. The highest BCUT2D eigenvalue weighted by atomic mass is 16.5. The van der Waals surface area contributed by atoms with Crippen LogP contribution in [0.2, 0.25) is 0 Å². The molecule has 1 atom stereocenters. The number of carbonyl (C=O) groups is 2. The Hall–Kier alpha value is -2.80. The Morgan fingerprint density at radius 2 is 1.91 bits per heavy atom. The summed E-state index contributed by atoms with van der Waals surface area (Å²) in [6.07, 6.45) is 9.33. The first-order valence-corrected chi connectivity index (χ1v) is 12.5. The van der Waals surface area contributed by atoms with Crippen LogP contribution in [0.4, 0.5) is 0 Å². The van der Waals surface area contributed by atoms with E-state index in [9.17, 15) is 14.7 Å². The third kappa shape index (κ3) is 6.20. The molecule has 2 N–H and O–H groups in total. The SMILES string of the molecule is Cc1ccc(C)c(C(=O)N[C@@H](CCOC2CC(CCc3ccc4c(n3)CCCC4)C2)C(=O)O)n1. The standard InChI is InChI=1S/C27H35N3O4/c1-17-7-8-18(2)28-25(17)26(31)30-24(27(32)33)13-14-34-22-15-19(16-22)9-11-21-12-10-20-5-3-4-6-23(20)29-21/h7-8,10,12,19,22,24H,3-6,9,11,13-16H2,1-2H3,(H,30,31)(H,32,33)/t19?,22?,24-/m0/s1. The predicted octanol–water partition coefficient (Wildman–Crippen LogP) is 3.97. The summed E-state index contributed by atoms with van der Waals surface area (Å²) < 4.78 is 5.90. The summed E-state index contributed by atoms with van der Waals surface area (Å²) in [6, 6.07) is 7.08. The van der Waals surface area contributed by atoms with E-state index in [1.54, 1.807) is 13.8 Å². The lowest BCUT2D eigenvalue weighted by Gasteiger charge is -2.35. The Kier molecular flexibility index (Phi) is 7.93. The summed E-state index contributed by atoms with van der Waals surface area (Å²) in [6.45, 7) is 3.89. The second-order valence-electron chi connectivity index (χ2n) is 9.76. The number of hydrogen-bond acceptors (Lipinski definition) is 5. The van der Waals surface area contributed by atoms with Crippen LogP contribution >= 0.6 is 0 Å². The van der Waals surface area contributed by atoms with Crippen LogP contribution in [0.25, 0.3) is 0 Å². The number of carboxylic acid groups (broad SMARTS) is 1. The molecule has 0 aromatic carbocycles. The molecular formula is C27H35N3O4. The van der Waals surface area contributed by atoms with Crippen LogP contribution in [0.1, 0.15) is 77.2 Å². The predicted molar refractivity (Wildman–Crippen MR) is 129 cm³/mol. The minimum absolute atomic E-state index is 0.173. The summed E-state index contributed by atoms with van der Waals surface area (Å²) in [5, 5.41) is 12.1. The molecule has 0 saturated heterocycles. The first kappa shape index (κ1) is 24.3. The van der Waals surface area contributed by atoms with E-state index < -0.39 is 17.9 Å². The van der Waals surface area contributed by atoms with Crippen molar-refractivity contribution in [2.75, 3.05) is 6.61 Å². The van der Waals surface area contributed by atoms with Crippen molar-refractivity contribution in [3.05, 3.63) is 58.2 Å². The number of fused-ring (bicyclic) bond motifs is 1. The largest absolute Gasteiger partial charge is 0.480 e. The Labute approximate surface area is 201 Å². The number of rotatable bonds is 10. The van der Waals surface area contributed by atoms with Gasteiger partial charge in [0.2, 0.25) is 0 Å². The number of aliphatic carboxylic acids is 1. The number of hydrogen-bond donors (Lipinski definition) is 2. The number of pyridine rings is 2. The van der Waals surface area contributed by atoms with Gasteiger partial charge in [0.25, 0.3) is 5.91 Å². The fraction of sp³-hybridized carbons (Fsp3) is 0.556. The number of nitrogens with one attached hydrogen (secondary N) is 1. The quantitative estimate of drug-likeness (QED) is 0.551. The summed E-state index contributed by atoms with van der Waals surface area (Å²) in [5.41, 5.74) is 5.62. The van der Waals surface area contributed by atoms with Crippen molar-refractivity contribution in [2.45, 2.75) is 83.8 Å². The summed E-state index contributed by atoms with van der Waals surface area (Å²) in [7, 11) is 0. The summed E-state index contributed by atoms with van der Waals surface area (Å²) in [4.78, 5) is 33.3. The average Bonchev–Trinajstić information content (AvgIpc) is 2.80. The van der Waals surface area contributed by atoms with Crippen molar-refractivity contribution in [1.29, 1.82) is 0 Å². The van der Waals surface area contributed by atoms with Gasteiger partial charge in [0, 0.05) is 30.1 Å². The van der Waals surface area contributed by atoms with Crippen LogP contribution in [-0.4, -0.2) is 45.7 Å². The number of carbonyl (C=O) groups excluding carboxylic acids is 1. The van der Waals surface area contributed by atoms with Gasteiger partial charge in [-0.05, 0) is 94.4 Å². The van der Waals surface area contributed by atoms with Crippen LogP contribution in [-0.2, 0) is 28.8 Å². The van der Waals surface area contributed by atoms with Crippen LogP contribution in [0.5, 0.6) is 0 Å². The van der Waals surface area contributed by atoms with Crippen molar-refractivity contribution >= 4 is 11.9 Å². The van der Waals surface area contributed by atoms with E-state index in [4.69, 9.17) is 9.72 Å². The van der Waals surface area contributed by atoms with Crippen LogP contribution in [0.15, 0.2) is 24.3 Å². The number of aromatic nitrogens is 2. The van der Waals surface area contributed by atoms with E-state index in [1.165, 1.54) is 36.2 Å². The van der Waals surface area contributed by atoms with Gasteiger partial charge in [-0.3, -0.25) is 9.78 Å². The maximum Gasteiger partial charge on any atom is 0.326 e. The molecule has 4 rings (SSSR count). The van der Waals surface area contributed by atoms with Crippen molar-refractivity contribution < 1.29 is 19.4 Å². The zero-order chi connectivity index (χ0) is 24.1. The molecule has 1 amide bonds. The molecule has 0 radical (unpaired) electrons. The second kappa shape index (κ2) is 11.1. The van der Waals surface area contributed by atoms with E-state index in [1.807, 2.05) is 12.1 Å². The van der Waals surface area contributed by atoms with Gasteiger partial charge in [0.05, 0.1) is 6.10 Å². The van der Waals surface area contributed by atoms with Gasteiger partial charge in [-0.1, -0.05) is 12.1 Å². The van der Waals surface area contributed by atoms with E-state index in [0.29, 0.717) is 18.2 Å². The molecule has 1 saturated carbocycles. The van der Waals surface area contributed by atoms with E-state index in [2.05, 4.69) is 22.4 Å². The Balaban J connectivity index is 1.16. The van der Waals surface area contributed by atoms with Crippen molar-refractivity contribution in [3.63, 3.8) is 0 Å². The molecule has 2 aromatic heterocycles. The number of carboxylic acids is 1. The minimum Gasteiger partial charge on any atom is -0.480 e. The molecule has 0 unspecified atom stereocenters. The zero-order valence-corrected chi connectivity index (χ0v) is 20.2. The fourth-order valence-electron chi connectivity index (χ4n) is 4.86. The van der Waals surface area contributed by atoms with Gasteiger partial charge in [0.15, 0.2) is 0 Å². The molecule has 7 nitrogen and oxygen atoms in total. The molecule has 2 aromatic rings. The van der Waals surface area contributed by atoms with Gasteiger partial charge in [-0.15, -0.1) is 0 Å². The van der Waals surface area contributed by atoms with E-state index in [-0.39, 0.29) is 18.2 Å². The normalized spacial score (nSPS) is 20.2. The molecule has 2 aliphatic carbocycles. The van der Waals surface area contributed by atoms with Gasteiger partial charge in [-0.2, -0.15) is 0 Å². The molecule has 0 aliphatic heterocycles. The highest BCUT2D eigenvalue weighted by Gasteiger charge is 2.30. The Morgan fingerprint density at radius 3 is 2.71 bits per heavy atom. The average molecular weight is 466 g/mol. The molecule has 34 heavy (non-hydrogen) atoms. The lowest BCUT2D eigenvalue weighted by atomic mass is 9.79. The summed E-state index contributed by atoms with van der Waals surface area (Å²) in [5.74, 6) is -0.896. The zero-order valence-electron chi connectivity index (χ0n) is 20.2. The van der Waals surface area contributed by atoms with Gasteiger partial charge >= 0.3 is 5.97 Å². The van der Waals surface area contributed by atoms with Crippen molar-refractivity contribution in [1.82, 2.24) is 15.3 Å². The molecule has 2 aliphatic rings. The Bertz CT molecular complexity index is 1030. The van der Waals surface area contributed by atoms with E-state index >= 15 is 0 Å². The number of nitrogens with zero attached hydrogens (tertiary/aromatic N) is 2. The number of amides is 1. The first-order valence-electron chi connectivity index (χ1n) is 12.5. The lowest BCUT2D eigenvalue weighted by Crippen LogP contribution is -2.42. The van der Waals surface area contributed by atoms with Crippen LogP contribution in [0, 0.1) is 19.8 Å². The molecule has 182 valence electrons. The third-order valence-corrected chi connectivity index (χ3v) is 7.05. The van der Waals surface area contributed by atoms with Crippen molar-refractivity contribution in [2.24, 2.45) is 5.92 Å². The van der Waals surface area contributed by atoms with Gasteiger partial charge in [0.1, 0.15) is 11.7 Å². The number of aryl methyl sites for hydroxylation is 5. The Morgan fingerprint density at radius 1 is 1.12 bits per heavy atom. The highest BCUT2D eigenvalue weighted by molar-refractivity contribution is 5.96. The maximum absolute atomic E-state index is 12.5. The minimum atomic E-state index is -1.06. The van der Waals surface area contributed by atoms with Gasteiger partial charge in [-0.25, -0.2) is 9.78 Å². The first-order chi connectivity index (χ1) is 16.4. The fourth-order valence-corrected chi connectivity index (χ4v) is 4.86. The molecule has 1 fully saturated rings. The van der Waals surface area contributed by atoms with Gasteiger partial charge < -0.3 is 15.2 Å².